The van der Waals surface area contributed by atoms with Crippen LogP contribution in [0.15, 0.2) is 22.3 Å². The van der Waals surface area contributed by atoms with Crippen LogP contribution in [0.4, 0.5) is 0 Å². The lowest BCUT2D eigenvalue weighted by molar-refractivity contribution is -0.136. The summed E-state index contributed by atoms with van der Waals surface area (Å²) in [6.45, 7) is 4.36. The molecule has 0 fully saturated rings. The summed E-state index contributed by atoms with van der Waals surface area (Å²) in [6.07, 6.45) is 6.01. The largest absolute Gasteiger partial charge is 0.481 e. The van der Waals surface area contributed by atoms with Gasteiger partial charge in [0.1, 0.15) is 0 Å². The zero-order valence-corrected chi connectivity index (χ0v) is 10.2. The van der Waals surface area contributed by atoms with Gasteiger partial charge in [-0.1, -0.05) is 25.0 Å². The molecule has 0 aromatic heterocycles. The maximum Gasteiger partial charge on any atom is 0.307 e. The van der Waals surface area contributed by atoms with Gasteiger partial charge in [0.05, 0.1) is 6.42 Å². The minimum Gasteiger partial charge on any atom is -0.481 e. The second-order valence-electron chi connectivity index (χ2n) is 5.16. The summed E-state index contributed by atoms with van der Waals surface area (Å²) in [4.78, 5) is 11.0. The molecule has 16 heavy (non-hydrogen) atoms. The molecule has 2 nitrogen and oxygen atoms in total. The van der Waals surface area contributed by atoms with Crippen LogP contribution in [0.2, 0.25) is 0 Å². The molecule has 1 N–H and O–H groups in total. The number of carboxylic acid groups (broad SMARTS) is 1. The number of hydrogen-bond acceptors (Lipinski definition) is 1. The third kappa shape index (κ3) is 2.06. The van der Waals surface area contributed by atoms with Crippen LogP contribution in [-0.4, -0.2) is 11.1 Å². The van der Waals surface area contributed by atoms with Gasteiger partial charge in [-0.05, 0) is 49.2 Å². The lowest BCUT2D eigenvalue weighted by atomic mass is 9.81. The van der Waals surface area contributed by atoms with E-state index in [1.165, 1.54) is 36.0 Å². The van der Waals surface area contributed by atoms with E-state index in [0.29, 0.717) is 5.92 Å². The van der Waals surface area contributed by atoms with Gasteiger partial charge in [0.2, 0.25) is 0 Å². The van der Waals surface area contributed by atoms with E-state index < -0.39 is 5.97 Å². The van der Waals surface area contributed by atoms with E-state index in [1.807, 2.05) is 0 Å². The third-order valence-corrected chi connectivity index (χ3v) is 3.81. The molecule has 0 saturated carbocycles. The van der Waals surface area contributed by atoms with Gasteiger partial charge >= 0.3 is 5.97 Å². The number of rotatable bonds is 3. The molecule has 88 valence electrons. The molecule has 0 bridgehead atoms. The summed E-state index contributed by atoms with van der Waals surface area (Å²) in [5.41, 5.74) is 5.50. The predicted molar refractivity (Wildman–Crippen MR) is 64.2 cm³/mol. The fourth-order valence-electron chi connectivity index (χ4n) is 3.09. The van der Waals surface area contributed by atoms with E-state index >= 15 is 0 Å². The summed E-state index contributed by atoms with van der Waals surface area (Å²) in [7, 11) is 0. The monoisotopic (exact) mass is 220 g/mol. The zero-order chi connectivity index (χ0) is 11.7. The Morgan fingerprint density at radius 1 is 1.25 bits per heavy atom. The van der Waals surface area contributed by atoms with Gasteiger partial charge in [0.25, 0.3) is 0 Å². The average molecular weight is 220 g/mol. The molecule has 2 aliphatic rings. The van der Waals surface area contributed by atoms with Crippen molar-refractivity contribution in [2.45, 2.75) is 52.4 Å². The number of hydrogen-bond donors (Lipinski definition) is 1. The van der Waals surface area contributed by atoms with E-state index in [0.717, 1.165) is 12.8 Å². The van der Waals surface area contributed by atoms with Crippen LogP contribution in [0.25, 0.3) is 0 Å². The standard InChI is InChI=1S/C14H20O2/c1-9(2)11-7-6-10-4-3-5-12(10)13(11)8-14(15)16/h9H,3-8H2,1-2H3,(H,15,16). The normalized spacial score (nSPS) is 20.7. The molecule has 0 saturated heterocycles. The molecule has 2 aliphatic carbocycles. The fraction of sp³-hybridized carbons (Fsp3) is 0.643. The highest BCUT2D eigenvalue weighted by atomic mass is 16.4. The van der Waals surface area contributed by atoms with Gasteiger partial charge in [-0.15, -0.1) is 0 Å². The van der Waals surface area contributed by atoms with E-state index in [1.54, 1.807) is 5.57 Å². The van der Waals surface area contributed by atoms with Crippen LogP contribution >= 0.6 is 0 Å². The van der Waals surface area contributed by atoms with Gasteiger partial charge in [-0.2, -0.15) is 0 Å². The van der Waals surface area contributed by atoms with Crippen molar-refractivity contribution in [3.8, 4) is 0 Å². The Morgan fingerprint density at radius 3 is 2.62 bits per heavy atom. The second kappa shape index (κ2) is 4.44. The first-order valence-corrected chi connectivity index (χ1v) is 6.24. The maximum atomic E-state index is 11.0. The summed E-state index contributed by atoms with van der Waals surface area (Å²) < 4.78 is 0. The number of allylic oxidation sites excluding steroid dienone is 3. The summed E-state index contributed by atoms with van der Waals surface area (Å²) in [5.74, 6) is -0.196. The SMILES string of the molecule is CC(C)C1=C(CC(=O)O)C2=C(CCC2)CC1. The van der Waals surface area contributed by atoms with Crippen LogP contribution < -0.4 is 0 Å². The van der Waals surface area contributed by atoms with Gasteiger partial charge in [-0.25, -0.2) is 0 Å². The van der Waals surface area contributed by atoms with Gasteiger partial charge in [-0.3, -0.25) is 4.79 Å². The Labute approximate surface area is 97.0 Å². The molecule has 0 atom stereocenters. The molecule has 0 aliphatic heterocycles. The molecule has 0 radical (unpaired) electrons. The highest BCUT2D eigenvalue weighted by molar-refractivity contribution is 5.73. The van der Waals surface area contributed by atoms with Crippen LogP contribution in [0.5, 0.6) is 0 Å². The quantitative estimate of drug-likeness (QED) is 0.787. The first-order chi connectivity index (χ1) is 7.59. The number of aliphatic carboxylic acids is 1. The van der Waals surface area contributed by atoms with Crippen molar-refractivity contribution in [1.82, 2.24) is 0 Å². The highest BCUT2D eigenvalue weighted by Gasteiger charge is 2.26. The smallest absolute Gasteiger partial charge is 0.307 e. The van der Waals surface area contributed by atoms with Crippen LogP contribution in [0.3, 0.4) is 0 Å². The highest BCUT2D eigenvalue weighted by Crippen LogP contribution is 2.43. The Kier molecular flexibility index (Phi) is 3.17. The molecule has 0 aromatic carbocycles. The zero-order valence-electron chi connectivity index (χ0n) is 10.2. The molecule has 2 rings (SSSR count). The van der Waals surface area contributed by atoms with Crippen molar-refractivity contribution in [3.05, 3.63) is 22.3 Å². The van der Waals surface area contributed by atoms with Gasteiger partial charge in [0, 0.05) is 0 Å². The minimum atomic E-state index is -0.686. The average Bonchev–Trinajstić information content (AvgIpc) is 2.64. The third-order valence-electron chi connectivity index (χ3n) is 3.81. The van der Waals surface area contributed by atoms with Gasteiger partial charge < -0.3 is 5.11 Å². The predicted octanol–water partition coefficient (Wildman–Crippen LogP) is 3.69. The number of carboxylic acids is 1. The molecule has 0 spiro atoms. The maximum absolute atomic E-state index is 11.0. The van der Waals surface area contributed by atoms with Gasteiger partial charge in [0.15, 0.2) is 0 Å². The lowest BCUT2D eigenvalue weighted by Crippen LogP contribution is -2.11. The van der Waals surface area contributed by atoms with E-state index in [-0.39, 0.29) is 6.42 Å². The molecule has 0 unspecified atom stereocenters. The van der Waals surface area contributed by atoms with E-state index in [4.69, 9.17) is 5.11 Å². The van der Waals surface area contributed by atoms with Crippen molar-refractivity contribution >= 4 is 5.97 Å². The Balaban J connectivity index is 2.37. The molecule has 0 heterocycles. The molecule has 0 amide bonds. The first-order valence-electron chi connectivity index (χ1n) is 6.24. The molecule has 0 aromatic rings. The Bertz CT molecular complexity index is 372. The van der Waals surface area contributed by atoms with Crippen LogP contribution in [-0.2, 0) is 4.79 Å². The van der Waals surface area contributed by atoms with Crippen molar-refractivity contribution in [1.29, 1.82) is 0 Å². The molecular formula is C14H20O2. The summed E-state index contributed by atoms with van der Waals surface area (Å²) in [5, 5.41) is 9.03. The van der Waals surface area contributed by atoms with Crippen molar-refractivity contribution in [2.24, 2.45) is 5.92 Å². The Hall–Kier alpha value is -1.05. The summed E-state index contributed by atoms with van der Waals surface area (Å²) in [6, 6.07) is 0. The second-order valence-corrected chi connectivity index (χ2v) is 5.16. The van der Waals surface area contributed by atoms with Crippen LogP contribution in [0.1, 0.15) is 52.4 Å². The van der Waals surface area contributed by atoms with Crippen molar-refractivity contribution < 1.29 is 9.90 Å². The summed E-state index contributed by atoms with van der Waals surface area (Å²) >= 11 is 0. The Morgan fingerprint density at radius 2 is 2.00 bits per heavy atom. The fourth-order valence-corrected chi connectivity index (χ4v) is 3.09. The lowest BCUT2D eigenvalue weighted by Gasteiger charge is -2.24. The van der Waals surface area contributed by atoms with Crippen LogP contribution in [0, 0.1) is 5.92 Å². The molecule has 2 heteroatoms. The molecular weight excluding hydrogens is 200 g/mol. The van der Waals surface area contributed by atoms with E-state index in [9.17, 15) is 4.79 Å². The van der Waals surface area contributed by atoms with E-state index in [2.05, 4.69) is 13.8 Å². The first kappa shape index (κ1) is 11.4. The van der Waals surface area contributed by atoms with Crippen molar-refractivity contribution in [3.63, 3.8) is 0 Å². The minimum absolute atomic E-state index is 0.229. The number of carbonyl (C=O) groups is 1. The van der Waals surface area contributed by atoms with Crippen molar-refractivity contribution in [2.75, 3.05) is 0 Å². The topological polar surface area (TPSA) is 37.3 Å².